The van der Waals surface area contributed by atoms with E-state index in [1.54, 1.807) is 0 Å². The molecule has 1 saturated heterocycles. The molecule has 3 atom stereocenters. The number of hydrogen-bond acceptors (Lipinski definition) is 3. The summed E-state index contributed by atoms with van der Waals surface area (Å²) in [6.45, 7) is 9.17. The predicted octanol–water partition coefficient (Wildman–Crippen LogP) is 2.00. The maximum atomic E-state index is 12.1. The molecular formula is C18H29N3O. The smallest absolute Gasteiger partial charge is 0.237 e. The van der Waals surface area contributed by atoms with E-state index in [1.807, 2.05) is 19.9 Å². The maximum Gasteiger partial charge on any atom is 0.237 e. The van der Waals surface area contributed by atoms with Crippen molar-refractivity contribution in [1.29, 1.82) is 0 Å². The molecule has 1 aliphatic heterocycles. The Morgan fingerprint density at radius 2 is 2.00 bits per heavy atom. The van der Waals surface area contributed by atoms with Gasteiger partial charge in [-0.2, -0.15) is 0 Å². The fourth-order valence-electron chi connectivity index (χ4n) is 3.00. The van der Waals surface area contributed by atoms with Crippen LogP contribution in [-0.2, 0) is 11.3 Å². The van der Waals surface area contributed by atoms with E-state index in [1.165, 1.54) is 5.56 Å². The molecule has 122 valence electrons. The second-order valence-electron chi connectivity index (χ2n) is 6.84. The molecule has 4 nitrogen and oxygen atoms in total. The summed E-state index contributed by atoms with van der Waals surface area (Å²) in [6.07, 6.45) is 1.13. The summed E-state index contributed by atoms with van der Waals surface area (Å²) >= 11 is 0. The predicted molar refractivity (Wildman–Crippen MR) is 90.2 cm³/mol. The summed E-state index contributed by atoms with van der Waals surface area (Å²) in [4.78, 5) is 14.5. The summed E-state index contributed by atoms with van der Waals surface area (Å²) in [5.41, 5.74) is 7.26. The number of carbonyl (C=O) groups excluding carboxylic acids is 1. The van der Waals surface area contributed by atoms with Gasteiger partial charge in [0.2, 0.25) is 5.91 Å². The van der Waals surface area contributed by atoms with Crippen LogP contribution in [0.25, 0.3) is 0 Å². The number of nitrogens with two attached hydrogens (primary N) is 1. The van der Waals surface area contributed by atoms with Gasteiger partial charge in [-0.3, -0.25) is 9.69 Å². The molecule has 1 aromatic carbocycles. The Kier molecular flexibility index (Phi) is 5.98. The second-order valence-corrected chi connectivity index (χ2v) is 6.84. The zero-order valence-electron chi connectivity index (χ0n) is 14.0. The molecule has 1 aliphatic rings. The highest BCUT2D eigenvalue weighted by Gasteiger charge is 2.29. The van der Waals surface area contributed by atoms with Crippen LogP contribution in [0.5, 0.6) is 0 Å². The first-order chi connectivity index (χ1) is 10.5. The monoisotopic (exact) mass is 303 g/mol. The maximum absolute atomic E-state index is 12.1. The lowest BCUT2D eigenvalue weighted by Crippen LogP contribution is -2.49. The molecule has 0 aliphatic carbocycles. The summed E-state index contributed by atoms with van der Waals surface area (Å²) in [7, 11) is 0. The van der Waals surface area contributed by atoms with Crippen LogP contribution < -0.4 is 11.1 Å². The molecule has 1 amide bonds. The highest BCUT2D eigenvalue weighted by Crippen LogP contribution is 2.21. The van der Waals surface area contributed by atoms with Gasteiger partial charge in [0.05, 0.1) is 6.04 Å². The third-order valence-corrected chi connectivity index (χ3v) is 4.66. The molecule has 22 heavy (non-hydrogen) atoms. The lowest BCUT2D eigenvalue weighted by molar-refractivity contribution is -0.124. The van der Waals surface area contributed by atoms with Crippen molar-refractivity contribution in [2.45, 2.75) is 45.8 Å². The summed E-state index contributed by atoms with van der Waals surface area (Å²) in [5, 5.41) is 3.10. The van der Waals surface area contributed by atoms with Crippen LogP contribution in [-0.4, -0.2) is 36.0 Å². The first-order valence-corrected chi connectivity index (χ1v) is 8.29. The van der Waals surface area contributed by atoms with E-state index in [0.29, 0.717) is 5.92 Å². The molecule has 1 fully saturated rings. The molecule has 2 unspecified atom stereocenters. The number of benzene rings is 1. The van der Waals surface area contributed by atoms with Gasteiger partial charge in [0.25, 0.3) is 0 Å². The molecule has 0 bridgehead atoms. The summed E-state index contributed by atoms with van der Waals surface area (Å²) in [5.74, 6) is 0.654. The zero-order chi connectivity index (χ0) is 16.1. The molecule has 1 aromatic rings. The van der Waals surface area contributed by atoms with Crippen molar-refractivity contribution in [2.24, 2.45) is 17.6 Å². The van der Waals surface area contributed by atoms with Crippen LogP contribution in [0.4, 0.5) is 0 Å². The van der Waals surface area contributed by atoms with Crippen LogP contribution in [0.15, 0.2) is 30.3 Å². The van der Waals surface area contributed by atoms with Gasteiger partial charge in [0, 0.05) is 19.1 Å². The number of amides is 1. The molecule has 4 heteroatoms. The molecule has 0 radical (unpaired) electrons. The van der Waals surface area contributed by atoms with Crippen LogP contribution in [0.3, 0.4) is 0 Å². The summed E-state index contributed by atoms with van der Waals surface area (Å²) in [6, 6.07) is 10.3. The topological polar surface area (TPSA) is 58.4 Å². The number of carbonyl (C=O) groups is 1. The van der Waals surface area contributed by atoms with Crippen molar-refractivity contribution in [3.8, 4) is 0 Å². The average molecular weight is 303 g/mol. The molecule has 2 rings (SSSR count). The average Bonchev–Trinajstić information content (AvgIpc) is 2.96. The third kappa shape index (κ3) is 4.55. The van der Waals surface area contributed by atoms with Crippen molar-refractivity contribution in [3.05, 3.63) is 35.9 Å². The Balaban J connectivity index is 1.81. The Morgan fingerprint density at radius 3 is 2.64 bits per heavy atom. The summed E-state index contributed by atoms with van der Waals surface area (Å²) < 4.78 is 0. The van der Waals surface area contributed by atoms with E-state index < -0.39 is 6.04 Å². The van der Waals surface area contributed by atoms with E-state index >= 15 is 0 Å². The normalized spacial score (nSPS) is 21.8. The van der Waals surface area contributed by atoms with Gasteiger partial charge in [0.15, 0.2) is 0 Å². The van der Waals surface area contributed by atoms with E-state index in [2.05, 4.69) is 41.4 Å². The first-order valence-electron chi connectivity index (χ1n) is 8.29. The zero-order valence-corrected chi connectivity index (χ0v) is 14.0. The van der Waals surface area contributed by atoms with Gasteiger partial charge < -0.3 is 11.1 Å². The molecule has 0 spiro atoms. The molecule has 3 N–H and O–H groups in total. The fourth-order valence-corrected chi connectivity index (χ4v) is 3.00. The van der Waals surface area contributed by atoms with Crippen LogP contribution >= 0.6 is 0 Å². The van der Waals surface area contributed by atoms with E-state index in [-0.39, 0.29) is 17.9 Å². The van der Waals surface area contributed by atoms with E-state index in [4.69, 9.17) is 5.73 Å². The van der Waals surface area contributed by atoms with Gasteiger partial charge in [0.1, 0.15) is 0 Å². The Bertz CT molecular complexity index is 474. The van der Waals surface area contributed by atoms with E-state index in [9.17, 15) is 4.79 Å². The number of nitrogens with one attached hydrogen (secondary N) is 1. The minimum Gasteiger partial charge on any atom is -0.352 e. The minimum absolute atomic E-state index is 0.0241. The standard InChI is InChI=1S/C18H29N3O/c1-13(2)17(19)18(22)20-14(3)16-9-10-21(12-16)11-15-7-5-4-6-8-15/h4-8,13-14,16-17H,9-12,19H2,1-3H3,(H,20,22)/t14?,16?,17-/m1/s1. The second kappa shape index (κ2) is 7.75. The lowest BCUT2D eigenvalue weighted by Gasteiger charge is -2.24. The van der Waals surface area contributed by atoms with Gasteiger partial charge in [-0.25, -0.2) is 0 Å². The first kappa shape index (κ1) is 17.0. The number of nitrogens with zero attached hydrogens (tertiary/aromatic N) is 1. The van der Waals surface area contributed by atoms with Crippen LogP contribution in [0.2, 0.25) is 0 Å². The number of likely N-dealkylation sites (tertiary alicyclic amines) is 1. The van der Waals surface area contributed by atoms with Gasteiger partial charge >= 0.3 is 0 Å². The molecule has 1 heterocycles. The molecule has 0 aromatic heterocycles. The van der Waals surface area contributed by atoms with Crippen molar-refractivity contribution in [1.82, 2.24) is 10.2 Å². The van der Waals surface area contributed by atoms with E-state index in [0.717, 1.165) is 26.1 Å². The SMILES string of the molecule is CC(NC(=O)[C@H](N)C(C)C)C1CCN(Cc2ccccc2)C1. The van der Waals surface area contributed by atoms with Crippen molar-refractivity contribution < 1.29 is 4.79 Å². The lowest BCUT2D eigenvalue weighted by atomic mass is 9.99. The fraction of sp³-hybridized carbons (Fsp3) is 0.611. The van der Waals surface area contributed by atoms with Crippen molar-refractivity contribution in [3.63, 3.8) is 0 Å². The van der Waals surface area contributed by atoms with Crippen molar-refractivity contribution >= 4 is 5.91 Å². The Morgan fingerprint density at radius 1 is 1.32 bits per heavy atom. The quantitative estimate of drug-likeness (QED) is 0.845. The van der Waals surface area contributed by atoms with Crippen LogP contribution in [0.1, 0.15) is 32.8 Å². The Labute approximate surface area is 134 Å². The Hall–Kier alpha value is -1.39. The largest absolute Gasteiger partial charge is 0.352 e. The number of hydrogen-bond donors (Lipinski definition) is 2. The third-order valence-electron chi connectivity index (χ3n) is 4.66. The molecular weight excluding hydrogens is 274 g/mol. The highest BCUT2D eigenvalue weighted by atomic mass is 16.2. The van der Waals surface area contributed by atoms with Gasteiger partial charge in [-0.05, 0) is 37.3 Å². The highest BCUT2D eigenvalue weighted by molar-refractivity contribution is 5.82. The van der Waals surface area contributed by atoms with Gasteiger partial charge in [-0.15, -0.1) is 0 Å². The van der Waals surface area contributed by atoms with Crippen LogP contribution in [0, 0.1) is 11.8 Å². The van der Waals surface area contributed by atoms with Crippen molar-refractivity contribution in [2.75, 3.05) is 13.1 Å². The minimum atomic E-state index is -0.413. The van der Waals surface area contributed by atoms with Gasteiger partial charge in [-0.1, -0.05) is 44.2 Å². The molecule has 0 saturated carbocycles. The number of rotatable bonds is 6.